The summed E-state index contributed by atoms with van der Waals surface area (Å²) in [7, 11) is 0. The highest BCUT2D eigenvalue weighted by Gasteiger charge is 2.20. The van der Waals surface area contributed by atoms with Crippen LogP contribution in [0.2, 0.25) is 0 Å². The van der Waals surface area contributed by atoms with Gasteiger partial charge < -0.3 is 27.2 Å². The first-order valence-corrected chi connectivity index (χ1v) is 9.80. The average molecular weight is 433 g/mol. The third-order valence-electron chi connectivity index (χ3n) is 4.69. The van der Waals surface area contributed by atoms with Gasteiger partial charge in [0.15, 0.2) is 5.96 Å². The summed E-state index contributed by atoms with van der Waals surface area (Å²) in [5.74, 6) is -2.20. The Kier molecular flexibility index (Phi) is 7.02. The number of rotatable bonds is 8. The Morgan fingerprint density at radius 3 is 2.44 bits per heavy atom. The van der Waals surface area contributed by atoms with E-state index in [0.717, 1.165) is 10.8 Å². The molecule has 0 aliphatic rings. The Balaban J connectivity index is 1.70. The van der Waals surface area contributed by atoms with Crippen molar-refractivity contribution in [1.82, 2.24) is 10.6 Å². The molecule has 164 valence electrons. The lowest BCUT2D eigenvalue weighted by atomic mass is 9.96. The van der Waals surface area contributed by atoms with E-state index in [2.05, 4.69) is 15.6 Å². The quantitative estimate of drug-likeness (QED) is 0.269. The van der Waals surface area contributed by atoms with Gasteiger partial charge in [0, 0.05) is 5.56 Å². The summed E-state index contributed by atoms with van der Waals surface area (Å²) >= 11 is 0. The summed E-state index contributed by atoms with van der Waals surface area (Å²) in [6, 6.07) is 18.5. The second-order valence-electron chi connectivity index (χ2n) is 7.06. The Hall–Kier alpha value is -4.40. The average Bonchev–Trinajstić information content (AvgIpc) is 2.76. The van der Waals surface area contributed by atoms with Crippen molar-refractivity contribution in [2.75, 3.05) is 6.54 Å². The van der Waals surface area contributed by atoms with Gasteiger partial charge in [-0.1, -0.05) is 48.5 Å². The number of carbonyl (C=O) groups excluding carboxylic acids is 2. The van der Waals surface area contributed by atoms with E-state index < -0.39 is 23.8 Å². The molecule has 7 N–H and O–H groups in total. The third kappa shape index (κ3) is 5.82. The number of carbonyl (C=O) groups is 3. The minimum absolute atomic E-state index is 0.139. The lowest BCUT2D eigenvalue weighted by Crippen LogP contribution is -2.39. The van der Waals surface area contributed by atoms with Crippen molar-refractivity contribution < 1.29 is 19.5 Å². The zero-order chi connectivity index (χ0) is 23.1. The number of hydrogen-bond donors (Lipinski definition) is 5. The molecule has 0 bridgehead atoms. The van der Waals surface area contributed by atoms with Crippen molar-refractivity contribution in [3.05, 3.63) is 77.9 Å². The number of carboxylic acids is 1. The van der Waals surface area contributed by atoms with Gasteiger partial charge in [-0.3, -0.25) is 14.4 Å². The maximum Gasteiger partial charge on any atom is 0.305 e. The lowest BCUT2D eigenvalue weighted by Gasteiger charge is -2.19. The van der Waals surface area contributed by atoms with Crippen LogP contribution in [0.1, 0.15) is 28.4 Å². The molecule has 32 heavy (non-hydrogen) atoms. The maximum atomic E-state index is 12.5. The Bertz CT molecular complexity index is 1180. The molecule has 3 aromatic rings. The van der Waals surface area contributed by atoms with Crippen molar-refractivity contribution in [3.63, 3.8) is 0 Å². The number of nitrogens with zero attached hydrogens (tertiary/aromatic N) is 1. The third-order valence-corrected chi connectivity index (χ3v) is 4.69. The number of nitrogens with two attached hydrogens (primary N) is 2. The van der Waals surface area contributed by atoms with E-state index in [-0.39, 0.29) is 24.5 Å². The van der Waals surface area contributed by atoms with Gasteiger partial charge in [-0.25, -0.2) is 4.99 Å². The van der Waals surface area contributed by atoms with Crippen LogP contribution in [0.15, 0.2) is 71.7 Å². The van der Waals surface area contributed by atoms with Crippen LogP contribution in [0.5, 0.6) is 0 Å². The highest BCUT2D eigenvalue weighted by Crippen LogP contribution is 2.26. The van der Waals surface area contributed by atoms with E-state index in [1.807, 2.05) is 36.4 Å². The van der Waals surface area contributed by atoms with E-state index in [4.69, 9.17) is 11.5 Å². The van der Waals surface area contributed by atoms with Gasteiger partial charge in [0.05, 0.1) is 24.7 Å². The Morgan fingerprint density at radius 2 is 1.69 bits per heavy atom. The van der Waals surface area contributed by atoms with Crippen molar-refractivity contribution in [2.45, 2.75) is 12.5 Å². The first kappa shape index (κ1) is 22.3. The predicted molar refractivity (Wildman–Crippen MR) is 121 cm³/mol. The molecule has 9 heteroatoms. The molecule has 0 fully saturated rings. The Labute approximate surface area is 184 Å². The summed E-state index contributed by atoms with van der Waals surface area (Å²) in [6.45, 7) is -0.327. The summed E-state index contributed by atoms with van der Waals surface area (Å²) in [6.07, 6.45) is -0.297. The first-order valence-electron chi connectivity index (χ1n) is 9.80. The number of aliphatic imine (C=N–C) groups is 1. The molecule has 0 saturated carbocycles. The van der Waals surface area contributed by atoms with Gasteiger partial charge in [-0.05, 0) is 34.5 Å². The normalized spacial score (nSPS) is 11.4. The second kappa shape index (κ2) is 10.1. The van der Waals surface area contributed by atoms with Crippen molar-refractivity contribution in [3.8, 4) is 0 Å². The molecule has 1 unspecified atom stereocenters. The number of fused-ring (bicyclic) bond motifs is 1. The fourth-order valence-electron chi connectivity index (χ4n) is 3.34. The molecule has 0 spiro atoms. The van der Waals surface area contributed by atoms with E-state index in [0.29, 0.717) is 11.3 Å². The van der Waals surface area contributed by atoms with Crippen LogP contribution in [0.3, 0.4) is 0 Å². The molecule has 3 aromatic carbocycles. The Morgan fingerprint density at radius 1 is 0.969 bits per heavy atom. The molecule has 0 saturated heterocycles. The monoisotopic (exact) mass is 433 g/mol. The first-order chi connectivity index (χ1) is 15.3. The standard InChI is InChI=1S/C23H23N5O4/c24-23(25)27-16-8-3-7-15(11-16)22(32)26-13-20(29)28-19(12-21(30)31)18-10-4-6-14-5-1-2-9-17(14)18/h1-11,19H,12-13H2,(H,26,32)(H,28,29)(H,30,31)(H4,24,25,27). The summed E-state index contributed by atoms with van der Waals surface area (Å²) < 4.78 is 0. The number of nitrogens with one attached hydrogen (secondary N) is 2. The molecule has 9 nitrogen and oxygen atoms in total. The molecule has 0 heterocycles. The number of guanidine groups is 1. The number of benzene rings is 3. The highest BCUT2D eigenvalue weighted by atomic mass is 16.4. The van der Waals surface area contributed by atoms with Crippen LogP contribution < -0.4 is 22.1 Å². The van der Waals surface area contributed by atoms with Gasteiger partial charge in [0.2, 0.25) is 5.91 Å². The molecule has 0 aromatic heterocycles. The van der Waals surface area contributed by atoms with Crippen LogP contribution in [0.25, 0.3) is 10.8 Å². The largest absolute Gasteiger partial charge is 0.481 e. The number of aliphatic carboxylic acids is 1. The number of hydrogen-bond acceptors (Lipinski definition) is 4. The predicted octanol–water partition coefficient (Wildman–Crippen LogP) is 1.81. The van der Waals surface area contributed by atoms with E-state index >= 15 is 0 Å². The topological polar surface area (TPSA) is 160 Å². The fraction of sp³-hybridized carbons (Fsp3) is 0.130. The maximum absolute atomic E-state index is 12.5. The molecule has 1 atom stereocenters. The number of amides is 2. The van der Waals surface area contributed by atoms with Crippen LogP contribution >= 0.6 is 0 Å². The molecule has 0 aliphatic heterocycles. The van der Waals surface area contributed by atoms with Crippen molar-refractivity contribution in [2.24, 2.45) is 16.5 Å². The zero-order valence-electron chi connectivity index (χ0n) is 17.1. The van der Waals surface area contributed by atoms with Gasteiger partial charge in [-0.15, -0.1) is 0 Å². The molecular formula is C23H23N5O4. The van der Waals surface area contributed by atoms with Crippen LogP contribution in [0, 0.1) is 0 Å². The fourth-order valence-corrected chi connectivity index (χ4v) is 3.34. The van der Waals surface area contributed by atoms with Crippen LogP contribution in [0.4, 0.5) is 5.69 Å². The second-order valence-corrected chi connectivity index (χ2v) is 7.06. The van der Waals surface area contributed by atoms with Gasteiger partial charge in [-0.2, -0.15) is 0 Å². The van der Waals surface area contributed by atoms with Crippen LogP contribution in [-0.4, -0.2) is 35.4 Å². The highest BCUT2D eigenvalue weighted by molar-refractivity contribution is 5.97. The van der Waals surface area contributed by atoms with Gasteiger partial charge in [0.1, 0.15) is 0 Å². The van der Waals surface area contributed by atoms with Crippen molar-refractivity contribution in [1.29, 1.82) is 0 Å². The SMILES string of the molecule is NC(N)=Nc1cccc(C(=O)NCC(=O)NC(CC(=O)O)c2cccc3ccccc23)c1. The molecule has 0 radical (unpaired) electrons. The molecule has 3 rings (SSSR count). The van der Waals surface area contributed by atoms with Gasteiger partial charge >= 0.3 is 5.97 Å². The van der Waals surface area contributed by atoms with E-state index in [1.54, 1.807) is 24.3 Å². The number of carboxylic acid groups (broad SMARTS) is 1. The van der Waals surface area contributed by atoms with Crippen LogP contribution in [-0.2, 0) is 9.59 Å². The van der Waals surface area contributed by atoms with Gasteiger partial charge in [0.25, 0.3) is 5.91 Å². The molecule has 0 aliphatic carbocycles. The lowest BCUT2D eigenvalue weighted by molar-refractivity contribution is -0.137. The summed E-state index contributed by atoms with van der Waals surface area (Å²) in [5, 5.41) is 16.3. The van der Waals surface area contributed by atoms with E-state index in [1.165, 1.54) is 6.07 Å². The molecule has 2 amide bonds. The summed E-state index contributed by atoms with van der Waals surface area (Å²) in [4.78, 5) is 40.2. The van der Waals surface area contributed by atoms with E-state index in [9.17, 15) is 19.5 Å². The zero-order valence-corrected chi connectivity index (χ0v) is 17.1. The minimum Gasteiger partial charge on any atom is -0.481 e. The molecular weight excluding hydrogens is 410 g/mol. The summed E-state index contributed by atoms with van der Waals surface area (Å²) in [5.41, 5.74) is 12.1. The minimum atomic E-state index is -1.05. The van der Waals surface area contributed by atoms with Crippen molar-refractivity contribution >= 4 is 40.2 Å². The smallest absolute Gasteiger partial charge is 0.305 e.